The van der Waals surface area contributed by atoms with Gasteiger partial charge in [-0.2, -0.15) is 0 Å². The third-order valence-electron chi connectivity index (χ3n) is 8.62. The van der Waals surface area contributed by atoms with E-state index >= 15 is 0 Å². The predicted octanol–water partition coefficient (Wildman–Crippen LogP) is 6.94. The summed E-state index contributed by atoms with van der Waals surface area (Å²) < 4.78 is 18.3. The minimum Gasteiger partial charge on any atom is -0.486 e. The van der Waals surface area contributed by atoms with Crippen LogP contribution in [-0.4, -0.2) is 55.4 Å². The highest BCUT2D eigenvalue weighted by atomic mass is 35.5. The van der Waals surface area contributed by atoms with Gasteiger partial charge >= 0.3 is 5.97 Å². The van der Waals surface area contributed by atoms with E-state index in [1.54, 1.807) is 6.07 Å². The first-order valence-corrected chi connectivity index (χ1v) is 15.3. The molecule has 0 amide bonds. The highest BCUT2D eigenvalue weighted by Gasteiger charge is 2.36. The molecule has 3 aliphatic heterocycles. The summed E-state index contributed by atoms with van der Waals surface area (Å²) in [6.45, 7) is 5.63. The van der Waals surface area contributed by atoms with Gasteiger partial charge in [-0.15, -0.1) is 0 Å². The van der Waals surface area contributed by atoms with Crippen molar-refractivity contribution in [2.45, 2.75) is 51.0 Å². The summed E-state index contributed by atoms with van der Waals surface area (Å²) in [6.07, 6.45) is 1.85. The third-order valence-corrected chi connectivity index (χ3v) is 9.36. The second-order valence-electron chi connectivity index (χ2n) is 11.6. The molecule has 1 fully saturated rings. The monoisotopic (exact) mass is 610 g/mol. The van der Waals surface area contributed by atoms with Gasteiger partial charge in [0.25, 0.3) is 0 Å². The average Bonchev–Trinajstić information content (AvgIpc) is 3.12. The molecule has 0 bridgehead atoms. The zero-order valence-electron chi connectivity index (χ0n) is 23.9. The van der Waals surface area contributed by atoms with Crippen molar-refractivity contribution in [2.24, 2.45) is 5.92 Å². The Morgan fingerprint density at radius 3 is 2.52 bits per heavy atom. The summed E-state index contributed by atoms with van der Waals surface area (Å²) in [5.41, 5.74) is 5.30. The average molecular weight is 612 g/mol. The molecule has 42 heavy (non-hydrogen) atoms. The number of hydrogen-bond acceptors (Lipinski definition) is 6. The summed E-state index contributed by atoms with van der Waals surface area (Å²) in [5, 5.41) is 11.0. The smallest absolute Gasteiger partial charge is 0.321 e. The van der Waals surface area contributed by atoms with Crippen molar-refractivity contribution in [3.8, 4) is 11.5 Å². The lowest BCUT2D eigenvalue weighted by molar-refractivity contribution is -0.145. The molecule has 3 aromatic rings. The fourth-order valence-electron chi connectivity index (χ4n) is 6.11. The molecule has 0 aromatic heterocycles. The lowest BCUT2D eigenvalue weighted by atomic mass is 9.91. The molecule has 3 aromatic carbocycles. The lowest BCUT2D eigenvalue weighted by Gasteiger charge is -2.39. The molecule has 3 heterocycles. The number of benzene rings is 3. The number of hydrogen-bond donors (Lipinski definition) is 1. The van der Waals surface area contributed by atoms with Gasteiger partial charge in [0, 0.05) is 39.0 Å². The fraction of sp³-hybridized carbons (Fsp3) is 0.424. The van der Waals surface area contributed by atoms with E-state index in [4.69, 9.17) is 37.4 Å². The van der Waals surface area contributed by atoms with Gasteiger partial charge in [-0.1, -0.05) is 48.3 Å². The molecule has 6 rings (SSSR count). The number of rotatable bonds is 8. The Morgan fingerprint density at radius 2 is 1.86 bits per heavy atom. The van der Waals surface area contributed by atoms with E-state index in [2.05, 4.69) is 48.0 Å². The zero-order chi connectivity index (χ0) is 29.4. The lowest BCUT2D eigenvalue weighted by Crippen LogP contribution is -2.50. The van der Waals surface area contributed by atoms with Crippen LogP contribution in [0.2, 0.25) is 10.0 Å². The predicted molar refractivity (Wildman–Crippen MR) is 164 cm³/mol. The van der Waals surface area contributed by atoms with E-state index in [9.17, 15) is 9.90 Å². The second kappa shape index (κ2) is 12.3. The summed E-state index contributed by atoms with van der Waals surface area (Å²) in [4.78, 5) is 16.4. The summed E-state index contributed by atoms with van der Waals surface area (Å²) in [6, 6.07) is 17.5. The third kappa shape index (κ3) is 6.06. The Bertz CT molecular complexity index is 1450. The Kier molecular flexibility index (Phi) is 8.55. The van der Waals surface area contributed by atoms with Gasteiger partial charge in [-0.25, -0.2) is 0 Å². The number of anilines is 1. The summed E-state index contributed by atoms with van der Waals surface area (Å²) in [7, 11) is 2.07. The summed E-state index contributed by atoms with van der Waals surface area (Å²) in [5.74, 6) is 1.24. The van der Waals surface area contributed by atoms with Crippen LogP contribution in [0.4, 0.5) is 5.69 Å². The van der Waals surface area contributed by atoms with Gasteiger partial charge in [0.05, 0.1) is 28.9 Å². The molecule has 1 N–H and O–H groups in total. The van der Waals surface area contributed by atoms with Crippen molar-refractivity contribution in [1.29, 1.82) is 0 Å². The number of fused-ring (bicyclic) bond motifs is 2. The topological polar surface area (TPSA) is 71.5 Å². The van der Waals surface area contributed by atoms with Gasteiger partial charge in [0.1, 0.15) is 29.7 Å². The van der Waals surface area contributed by atoms with Crippen LogP contribution in [-0.2, 0) is 22.5 Å². The van der Waals surface area contributed by atoms with Gasteiger partial charge < -0.3 is 24.2 Å². The van der Waals surface area contributed by atoms with Crippen molar-refractivity contribution in [3.05, 3.63) is 86.9 Å². The maximum Gasteiger partial charge on any atom is 0.321 e. The first-order chi connectivity index (χ1) is 20.3. The highest BCUT2D eigenvalue weighted by Crippen LogP contribution is 2.41. The molecule has 7 nitrogen and oxygen atoms in total. The van der Waals surface area contributed by atoms with Crippen molar-refractivity contribution in [1.82, 2.24) is 4.90 Å². The number of ether oxygens (including phenoxy) is 3. The van der Waals surface area contributed by atoms with E-state index < -0.39 is 12.0 Å². The molecule has 0 radical (unpaired) electrons. The molecule has 3 aliphatic rings. The van der Waals surface area contributed by atoms with Crippen LogP contribution < -0.4 is 14.4 Å². The molecular formula is C33H36Cl2N2O5. The maximum atomic E-state index is 12.1. The minimum absolute atomic E-state index is 0.114. The fourth-order valence-corrected chi connectivity index (χ4v) is 6.42. The summed E-state index contributed by atoms with van der Waals surface area (Å²) >= 11 is 12.3. The Morgan fingerprint density at radius 1 is 1.07 bits per heavy atom. The Balaban J connectivity index is 1.19. The van der Waals surface area contributed by atoms with Crippen molar-refractivity contribution >= 4 is 34.9 Å². The molecule has 1 saturated heterocycles. The molecular weight excluding hydrogens is 575 g/mol. The minimum atomic E-state index is -0.768. The van der Waals surface area contributed by atoms with Crippen LogP contribution in [0.5, 0.6) is 11.5 Å². The van der Waals surface area contributed by atoms with Crippen LogP contribution in [0.25, 0.3) is 0 Å². The second-order valence-corrected chi connectivity index (χ2v) is 12.4. The van der Waals surface area contributed by atoms with Crippen molar-refractivity contribution in [2.75, 3.05) is 38.3 Å². The van der Waals surface area contributed by atoms with E-state index in [0.29, 0.717) is 42.1 Å². The SMILES string of the molecule is CC[C@@H](Oc1ccc([C@H]2CCN(C)c3cc4c(cc3O2)CN(CC2COC2)[C@H](C(=O)O)C4)cc1)c1ccc(Cl)c(Cl)c1. The first kappa shape index (κ1) is 29.1. The number of carboxylic acids is 1. The normalized spacial score (nSPS) is 21.4. The van der Waals surface area contributed by atoms with Crippen molar-refractivity contribution in [3.63, 3.8) is 0 Å². The number of nitrogens with zero attached hydrogens (tertiary/aromatic N) is 2. The zero-order valence-corrected chi connectivity index (χ0v) is 25.4. The van der Waals surface area contributed by atoms with E-state index in [1.165, 1.54) is 0 Å². The van der Waals surface area contributed by atoms with Crippen LogP contribution in [0, 0.1) is 5.92 Å². The van der Waals surface area contributed by atoms with E-state index in [1.807, 2.05) is 24.3 Å². The molecule has 0 spiro atoms. The van der Waals surface area contributed by atoms with Crippen LogP contribution in [0.3, 0.4) is 0 Å². The molecule has 0 saturated carbocycles. The van der Waals surface area contributed by atoms with Gasteiger partial charge in [0.2, 0.25) is 0 Å². The number of carboxylic acid groups (broad SMARTS) is 1. The molecule has 3 atom stereocenters. The van der Waals surface area contributed by atoms with E-state index in [-0.39, 0.29) is 12.2 Å². The van der Waals surface area contributed by atoms with Crippen molar-refractivity contribution < 1.29 is 24.1 Å². The molecule has 9 heteroatoms. The van der Waals surface area contributed by atoms with Crippen LogP contribution >= 0.6 is 23.2 Å². The largest absolute Gasteiger partial charge is 0.486 e. The number of halogens is 2. The number of aliphatic carboxylic acids is 1. The molecule has 0 aliphatic carbocycles. The molecule has 0 unspecified atom stereocenters. The van der Waals surface area contributed by atoms with Gasteiger partial charge in [0.15, 0.2) is 0 Å². The van der Waals surface area contributed by atoms with Gasteiger partial charge in [-0.05, 0) is 71.5 Å². The standard InChI is InChI=1S/C33H36Cl2N2O5/c1-3-30(22-6-9-26(34)27(35)12-22)41-25-7-4-21(5-8-25)31-10-11-36(2)28-13-23-14-29(33(38)39)37(16-20-18-40-19-20)17-24(23)15-32(28)42-31/h4-9,12-13,15,20,29-31H,3,10-11,14,16-19H2,1-2H3,(H,38,39)/t29-,30+,31+/m0/s1. The first-order valence-electron chi connectivity index (χ1n) is 14.6. The van der Waals surface area contributed by atoms with E-state index in [0.717, 1.165) is 65.4 Å². The Hall–Kier alpha value is -2.97. The van der Waals surface area contributed by atoms with Crippen LogP contribution in [0.1, 0.15) is 54.2 Å². The maximum absolute atomic E-state index is 12.1. The van der Waals surface area contributed by atoms with Crippen LogP contribution in [0.15, 0.2) is 54.6 Å². The molecule has 222 valence electrons. The van der Waals surface area contributed by atoms with Gasteiger partial charge in [-0.3, -0.25) is 9.69 Å². The number of carbonyl (C=O) groups is 1. The Labute approximate surface area is 256 Å². The quantitative estimate of drug-likeness (QED) is 0.296. The highest BCUT2D eigenvalue weighted by molar-refractivity contribution is 6.42.